The smallest absolute Gasteiger partial charge is 0.0146 e. The lowest BCUT2D eigenvalue weighted by Gasteiger charge is -2.29. The average Bonchev–Trinajstić information content (AvgIpc) is 3.14. The molecule has 124 valence electrons. The van der Waals surface area contributed by atoms with E-state index in [0.29, 0.717) is 10.8 Å². The fourth-order valence-corrected chi connectivity index (χ4v) is 4.46. The zero-order chi connectivity index (χ0) is 16.4. The normalized spacial score (nSPS) is 33.5. The Morgan fingerprint density at radius 1 is 0.773 bits per heavy atom. The SMILES string of the molecule is C=CC1CCC(C(C)(C)/C=C/C2CCC(C(C)(C)C=C)C2)C1. The van der Waals surface area contributed by atoms with Gasteiger partial charge in [-0.2, -0.15) is 0 Å². The van der Waals surface area contributed by atoms with Crippen LogP contribution in [-0.2, 0) is 0 Å². The van der Waals surface area contributed by atoms with Crippen molar-refractivity contribution in [3.63, 3.8) is 0 Å². The highest BCUT2D eigenvalue weighted by molar-refractivity contribution is 5.06. The van der Waals surface area contributed by atoms with Crippen LogP contribution < -0.4 is 0 Å². The van der Waals surface area contributed by atoms with Crippen LogP contribution in [0.4, 0.5) is 0 Å². The molecule has 0 radical (unpaired) electrons. The molecular weight excluding hydrogens is 264 g/mol. The van der Waals surface area contributed by atoms with Gasteiger partial charge in [-0.1, -0.05) is 52.0 Å². The van der Waals surface area contributed by atoms with Gasteiger partial charge in [-0.05, 0) is 73.0 Å². The Morgan fingerprint density at radius 3 is 1.86 bits per heavy atom. The zero-order valence-corrected chi connectivity index (χ0v) is 15.3. The highest BCUT2D eigenvalue weighted by Gasteiger charge is 2.35. The molecule has 0 aliphatic heterocycles. The highest BCUT2D eigenvalue weighted by Crippen LogP contribution is 2.46. The highest BCUT2D eigenvalue weighted by atomic mass is 14.4. The molecular formula is C22H36. The molecule has 2 aliphatic carbocycles. The summed E-state index contributed by atoms with van der Waals surface area (Å²) in [5, 5.41) is 0. The summed E-state index contributed by atoms with van der Waals surface area (Å²) in [5.74, 6) is 3.16. The van der Waals surface area contributed by atoms with Crippen LogP contribution in [0.1, 0.15) is 66.2 Å². The van der Waals surface area contributed by atoms with E-state index in [1.807, 2.05) is 0 Å². The molecule has 0 aromatic rings. The lowest BCUT2D eigenvalue weighted by Crippen LogP contribution is -2.20. The van der Waals surface area contributed by atoms with Crippen molar-refractivity contribution < 1.29 is 0 Å². The Hall–Kier alpha value is -0.780. The van der Waals surface area contributed by atoms with Crippen LogP contribution >= 0.6 is 0 Å². The van der Waals surface area contributed by atoms with Crippen molar-refractivity contribution in [3.8, 4) is 0 Å². The summed E-state index contributed by atoms with van der Waals surface area (Å²) in [7, 11) is 0. The molecule has 0 bridgehead atoms. The van der Waals surface area contributed by atoms with Crippen LogP contribution in [0.5, 0.6) is 0 Å². The third-order valence-electron chi connectivity index (χ3n) is 6.71. The maximum absolute atomic E-state index is 4.03. The van der Waals surface area contributed by atoms with Crippen molar-refractivity contribution >= 4 is 0 Å². The van der Waals surface area contributed by atoms with Crippen molar-refractivity contribution in [3.05, 3.63) is 37.5 Å². The average molecular weight is 301 g/mol. The van der Waals surface area contributed by atoms with E-state index < -0.39 is 0 Å². The van der Waals surface area contributed by atoms with Crippen molar-refractivity contribution in [1.82, 2.24) is 0 Å². The molecule has 0 spiro atoms. The second-order valence-corrected chi connectivity index (χ2v) is 8.98. The van der Waals surface area contributed by atoms with Crippen molar-refractivity contribution in [2.45, 2.75) is 66.2 Å². The molecule has 0 nitrogen and oxygen atoms in total. The molecule has 0 heteroatoms. The monoisotopic (exact) mass is 300 g/mol. The third-order valence-corrected chi connectivity index (χ3v) is 6.71. The van der Waals surface area contributed by atoms with E-state index in [4.69, 9.17) is 0 Å². The first-order valence-electron chi connectivity index (χ1n) is 9.24. The van der Waals surface area contributed by atoms with Crippen molar-refractivity contribution in [2.75, 3.05) is 0 Å². The van der Waals surface area contributed by atoms with Gasteiger partial charge in [0.25, 0.3) is 0 Å². The first kappa shape index (κ1) is 17.6. The fourth-order valence-electron chi connectivity index (χ4n) is 4.46. The van der Waals surface area contributed by atoms with Gasteiger partial charge in [0.2, 0.25) is 0 Å². The van der Waals surface area contributed by atoms with Crippen LogP contribution in [0.15, 0.2) is 37.5 Å². The molecule has 2 fully saturated rings. The van der Waals surface area contributed by atoms with Crippen LogP contribution in [0, 0.1) is 34.5 Å². The van der Waals surface area contributed by atoms with E-state index in [1.54, 1.807) is 0 Å². The summed E-state index contributed by atoms with van der Waals surface area (Å²) in [6.45, 7) is 17.6. The van der Waals surface area contributed by atoms with E-state index in [2.05, 4.69) is 65.2 Å². The maximum atomic E-state index is 4.03. The lowest BCUT2D eigenvalue weighted by molar-refractivity contribution is 0.279. The summed E-state index contributed by atoms with van der Waals surface area (Å²) < 4.78 is 0. The molecule has 0 aromatic carbocycles. The number of allylic oxidation sites excluding steroid dienone is 4. The molecule has 4 unspecified atom stereocenters. The van der Waals surface area contributed by atoms with E-state index in [9.17, 15) is 0 Å². The van der Waals surface area contributed by atoms with Crippen LogP contribution in [-0.4, -0.2) is 0 Å². The standard InChI is InChI=1S/C22H36/c1-7-17-9-11-20(15-17)22(5,6)14-13-18-10-12-19(16-18)21(3,4)8-2/h7-8,13-14,17-20H,1-2,9-12,15-16H2,3-6H3/b14-13+. The summed E-state index contributed by atoms with van der Waals surface area (Å²) in [6.07, 6.45) is 17.5. The first-order valence-corrected chi connectivity index (χ1v) is 9.24. The Morgan fingerprint density at radius 2 is 1.32 bits per heavy atom. The minimum Gasteiger partial charge on any atom is -0.103 e. The third kappa shape index (κ3) is 3.94. The Balaban J connectivity index is 1.92. The molecule has 22 heavy (non-hydrogen) atoms. The van der Waals surface area contributed by atoms with E-state index in [-0.39, 0.29) is 0 Å². The van der Waals surface area contributed by atoms with E-state index in [0.717, 1.165) is 23.7 Å². The second-order valence-electron chi connectivity index (χ2n) is 8.98. The van der Waals surface area contributed by atoms with Gasteiger partial charge in [0.1, 0.15) is 0 Å². The molecule has 2 rings (SSSR count). The fraction of sp³-hybridized carbons (Fsp3) is 0.727. The summed E-state index contributed by atoms with van der Waals surface area (Å²) in [4.78, 5) is 0. The lowest BCUT2D eigenvalue weighted by atomic mass is 9.76. The quantitative estimate of drug-likeness (QED) is 0.473. The van der Waals surface area contributed by atoms with Crippen LogP contribution in [0.3, 0.4) is 0 Å². The summed E-state index contributed by atoms with van der Waals surface area (Å²) in [6, 6.07) is 0. The van der Waals surface area contributed by atoms with Gasteiger partial charge in [-0.3, -0.25) is 0 Å². The van der Waals surface area contributed by atoms with E-state index in [1.165, 1.54) is 38.5 Å². The predicted octanol–water partition coefficient (Wildman–Crippen LogP) is 6.80. The van der Waals surface area contributed by atoms with Gasteiger partial charge in [0, 0.05) is 0 Å². The first-order chi connectivity index (χ1) is 10.3. The molecule has 4 atom stereocenters. The van der Waals surface area contributed by atoms with Gasteiger partial charge in [-0.25, -0.2) is 0 Å². The number of hydrogen-bond acceptors (Lipinski definition) is 0. The van der Waals surface area contributed by atoms with Gasteiger partial charge >= 0.3 is 0 Å². The summed E-state index contributed by atoms with van der Waals surface area (Å²) in [5.41, 5.74) is 0.630. The largest absolute Gasteiger partial charge is 0.103 e. The van der Waals surface area contributed by atoms with Crippen LogP contribution in [0.25, 0.3) is 0 Å². The van der Waals surface area contributed by atoms with Gasteiger partial charge in [-0.15, -0.1) is 13.2 Å². The molecule has 0 heterocycles. The van der Waals surface area contributed by atoms with E-state index >= 15 is 0 Å². The molecule has 0 saturated heterocycles. The molecule has 0 aromatic heterocycles. The molecule has 2 saturated carbocycles. The molecule has 0 amide bonds. The Bertz CT molecular complexity index is 423. The second kappa shape index (κ2) is 6.77. The van der Waals surface area contributed by atoms with Gasteiger partial charge in [0.15, 0.2) is 0 Å². The van der Waals surface area contributed by atoms with Crippen LogP contribution in [0.2, 0.25) is 0 Å². The number of hydrogen-bond donors (Lipinski definition) is 0. The molecule has 0 N–H and O–H groups in total. The maximum Gasteiger partial charge on any atom is -0.0146 e. The van der Waals surface area contributed by atoms with Crippen molar-refractivity contribution in [2.24, 2.45) is 34.5 Å². The zero-order valence-electron chi connectivity index (χ0n) is 15.3. The van der Waals surface area contributed by atoms with Gasteiger partial charge < -0.3 is 0 Å². The van der Waals surface area contributed by atoms with Crippen molar-refractivity contribution in [1.29, 1.82) is 0 Å². The topological polar surface area (TPSA) is 0 Å². The summed E-state index contributed by atoms with van der Waals surface area (Å²) >= 11 is 0. The Labute approximate surface area is 138 Å². The molecule has 2 aliphatic rings. The predicted molar refractivity (Wildman–Crippen MR) is 98.8 cm³/mol. The van der Waals surface area contributed by atoms with Gasteiger partial charge in [0.05, 0.1) is 0 Å². The Kier molecular flexibility index (Phi) is 5.41. The minimum absolute atomic E-state index is 0.292. The number of rotatable bonds is 6. The minimum atomic E-state index is 0.292.